The van der Waals surface area contributed by atoms with Gasteiger partial charge in [-0.1, -0.05) is 48.0 Å². The molecular weight excluding hydrogens is 336 g/mol. The van der Waals surface area contributed by atoms with Crippen molar-refractivity contribution in [1.82, 2.24) is 30.3 Å². The summed E-state index contributed by atoms with van der Waals surface area (Å²) in [5.74, 6) is 0.361. The highest BCUT2D eigenvalue weighted by atomic mass is 32.2. The summed E-state index contributed by atoms with van der Waals surface area (Å²) >= 11 is 1.37. The summed E-state index contributed by atoms with van der Waals surface area (Å²) in [4.78, 5) is 20.7. The molecule has 1 aromatic carbocycles. The van der Waals surface area contributed by atoms with Crippen LogP contribution < -0.4 is 5.32 Å². The number of nitrogens with zero attached hydrogens (tertiary/aromatic N) is 5. The first-order valence-corrected chi connectivity index (χ1v) is 9.34. The maximum atomic E-state index is 12.1. The van der Waals surface area contributed by atoms with Crippen molar-refractivity contribution in [3.05, 3.63) is 36.7 Å². The Kier molecular flexibility index (Phi) is 4.60. The van der Waals surface area contributed by atoms with Gasteiger partial charge in [0.25, 0.3) is 0 Å². The first kappa shape index (κ1) is 16.0. The van der Waals surface area contributed by atoms with Crippen molar-refractivity contribution in [3.8, 4) is 5.69 Å². The molecule has 1 fully saturated rings. The quantitative estimate of drug-likeness (QED) is 0.559. The fourth-order valence-electron chi connectivity index (χ4n) is 3.05. The molecule has 2 heterocycles. The Bertz CT molecular complexity index is 875. The zero-order chi connectivity index (χ0) is 17.1. The van der Waals surface area contributed by atoms with E-state index in [1.807, 2.05) is 30.3 Å². The van der Waals surface area contributed by atoms with E-state index >= 15 is 0 Å². The molecule has 1 amide bonds. The molecule has 0 radical (unpaired) electrons. The van der Waals surface area contributed by atoms with Crippen molar-refractivity contribution in [2.75, 3.05) is 5.75 Å². The average molecular weight is 354 g/mol. The molecule has 4 rings (SSSR count). The molecule has 128 valence electrons. The summed E-state index contributed by atoms with van der Waals surface area (Å²) in [6, 6.07) is 10.0. The van der Waals surface area contributed by atoms with Crippen LogP contribution in [0.5, 0.6) is 0 Å². The van der Waals surface area contributed by atoms with E-state index in [2.05, 4.69) is 25.6 Å². The number of benzene rings is 1. The summed E-state index contributed by atoms with van der Waals surface area (Å²) in [6.45, 7) is 0. The minimum Gasteiger partial charge on any atom is -0.353 e. The lowest BCUT2D eigenvalue weighted by Crippen LogP contribution is -2.33. The van der Waals surface area contributed by atoms with Crippen LogP contribution in [0.4, 0.5) is 0 Å². The molecule has 0 unspecified atom stereocenters. The smallest absolute Gasteiger partial charge is 0.230 e. The summed E-state index contributed by atoms with van der Waals surface area (Å²) < 4.78 is 1.68. The molecule has 0 aliphatic heterocycles. The van der Waals surface area contributed by atoms with E-state index in [1.165, 1.54) is 30.9 Å². The van der Waals surface area contributed by atoms with Gasteiger partial charge in [0.1, 0.15) is 11.4 Å². The molecule has 1 aliphatic rings. The zero-order valence-electron chi connectivity index (χ0n) is 13.6. The lowest BCUT2D eigenvalue weighted by molar-refractivity contribution is -0.119. The third kappa shape index (κ3) is 3.48. The van der Waals surface area contributed by atoms with Crippen LogP contribution in [-0.2, 0) is 4.79 Å². The van der Waals surface area contributed by atoms with E-state index in [1.54, 1.807) is 4.68 Å². The summed E-state index contributed by atoms with van der Waals surface area (Å²) in [5, 5.41) is 12.2. The molecule has 0 saturated heterocycles. The number of hydrogen-bond acceptors (Lipinski definition) is 6. The number of fused-ring (bicyclic) bond motifs is 1. The van der Waals surface area contributed by atoms with Gasteiger partial charge in [0, 0.05) is 6.04 Å². The number of para-hydroxylation sites is 1. The fraction of sp³-hybridized carbons (Fsp3) is 0.353. The van der Waals surface area contributed by atoms with Crippen molar-refractivity contribution in [3.63, 3.8) is 0 Å². The van der Waals surface area contributed by atoms with Crippen molar-refractivity contribution in [2.45, 2.75) is 36.8 Å². The standard InChI is InChI=1S/C17H18N6OS/c24-14(20-12-6-4-5-7-12)10-25-17-15-16(18-11-19-17)23(22-21-15)13-8-2-1-3-9-13/h1-3,8-9,11-12H,4-7,10H2,(H,20,24). The SMILES string of the molecule is O=C(CSc1ncnc2c1nnn2-c1ccccc1)NC1CCCC1. The Morgan fingerprint density at radius 1 is 1.20 bits per heavy atom. The maximum absolute atomic E-state index is 12.1. The maximum Gasteiger partial charge on any atom is 0.230 e. The van der Waals surface area contributed by atoms with Crippen LogP contribution in [0.2, 0.25) is 0 Å². The second-order valence-electron chi connectivity index (χ2n) is 6.03. The lowest BCUT2D eigenvalue weighted by Gasteiger charge is -2.11. The first-order valence-electron chi connectivity index (χ1n) is 8.35. The van der Waals surface area contributed by atoms with Gasteiger partial charge in [0.15, 0.2) is 11.2 Å². The largest absolute Gasteiger partial charge is 0.353 e. The van der Waals surface area contributed by atoms with Crippen molar-refractivity contribution in [1.29, 1.82) is 0 Å². The van der Waals surface area contributed by atoms with Gasteiger partial charge in [-0.15, -0.1) is 5.10 Å². The molecule has 25 heavy (non-hydrogen) atoms. The Hall–Kier alpha value is -2.48. The van der Waals surface area contributed by atoms with Crippen LogP contribution in [0, 0.1) is 0 Å². The molecule has 1 saturated carbocycles. The molecule has 2 aromatic heterocycles. The fourth-order valence-corrected chi connectivity index (χ4v) is 3.79. The highest BCUT2D eigenvalue weighted by Gasteiger charge is 2.18. The molecule has 8 heteroatoms. The third-order valence-corrected chi connectivity index (χ3v) is 5.24. The highest BCUT2D eigenvalue weighted by molar-refractivity contribution is 8.00. The van der Waals surface area contributed by atoms with Gasteiger partial charge in [0.2, 0.25) is 5.91 Å². The Morgan fingerprint density at radius 2 is 2.00 bits per heavy atom. The number of carbonyl (C=O) groups excluding carboxylic acids is 1. The number of rotatable bonds is 5. The van der Waals surface area contributed by atoms with Gasteiger partial charge in [-0.3, -0.25) is 4.79 Å². The topological polar surface area (TPSA) is 85.6 Å². The van der Waals surface area contributed by atoms with Gasteiger partial charge >= 0.3 is 0 Å². The predicted octanol–water partition coefficient (Wildman–Crippen LogP) is 2.36. The number of hydrogen-bond donors (Lipinski definition) is 1. The lowest BCUT2D eigenvalue weighted by atomic mass is 10.2. The van der Waals surface area contributed by atoms with Crippen LogP contribution in [0.15, 0.2) is 41.7 Å². The summed E-state index contributed by atoms with van der Waals surface area (Å²) in [5.41, 5.74) is 2.14. The Labute approximate surface area is 149 Å². The van der Waals surface area contributed by atoms with Crippen LogP contribution in [0.25, 0.3) is 16.9 Å². The van der Waals surface area contributed by atoms with Gasteiger partial charge in [-0.25, -0.2) is 9.97 Å². The van der Waals surface area contributed by atoms with Gasteiger partial charge in [-0.05, 0) is 25.0 Å². The predicted molar refractivity (Wildman–Crippen MR) is 95.6 cm³/mol. The summed E-state index contributed by atoms with van der Waals surface area (Å²) in [7, 11) is 0. The third-order valence-electron chi connectivity index (χ3n) is 4.27. The number of carbonyl (C=O) groups is 1. The van der Waals surface area contributed by atoms with E-state index < -0.39 is 0 Å². The molecule has 7 nitrogen and oxygen atoms in total. The molecule has 3 aromatic rings. The minimum absolute atomic E-state index is 0.0408. The normalized spacial score (nSPS) is 14.9. The summed E-state index contributed by atoms with van der Waals surface area (Å²) in [6.07, 6.45) is 6.06. The van der Waals surface area contributed by atoms with E-state index in [9.17, 15) is 4.79 Å². The second-order valence-corrected chi connectivity index (χ2v) is 6.99. The van der Waals surface area contributed by atoms with E-state index in [0.717, 1.165) is 18.5 Å². The molecule has 1 N–H and O–H groups in total. The van der Waals surface area contributed by atoms with E-state index in [0.29, 0.717) is 28.0 Å². The van der Waals surface area contributed by atoms with E-state index in [-0.39, 0.29) is 5.91 Å². The van der Waals surface area contributed by atoms with Crippen molar-refractivity contribution >= 4 is 28.8 Å². The number of amides is 1. The highest BCUT2D eigenvalue weighted by Crippen LogP contribution is 2.24. The Balaban J connectivity index is 1.50. The average Bonchev–Trinajstić information content (AvgIpc) is 3.30. The first-order chi connectivity index (χ1) is 12.3. The molecule has 0 bridgehead atoms. The number of thioether (sulfide) groups is 1. The monoisotopic (exact) mass is 354 g/mol. The minimum atomic E-state index is 0.0408. The van der Waals surface area contributed by atoms with Crippen LogP contribution in [0.3, 0.4) is 0 Å². The zero-order valence-corrected chi connectivity index (χ0v) is 14.4. The van der Waals surface area contributed by atoms with Crippen LogP contribution >= 0.6 is 11.8 Å². The van der Waals surface area contributed by atoms with Crippen LogP contribution in [0.1, 0.15) is 25.7 Å². The molecule has 1 aliphatic carbocycles. The Morgan fingerprint density at radius 3 is 2.80 bits per heavy atom. The molecule has 0 atom stereocenters. The van der Waals surface area contributed by atoms with E-state index in [4.69, 9.17) is 0 Å². The van der Waals surface area contributed by atoms with Gasteiger partial charge in [-0.2, -0.15) is 4.68 Å². The number of nitrogens with one attached hydrogen (secondary N) is 1. The molecule has 0 spiro atoms. The number of aromatic nitrogens is 5. The van der Waals surface area contributed by atoms with Crippen molar-refractivity contribution in [2.24, 2.45) is 0 Å². The molecular formula is C17H18N6OS. The van der Waals surface area contributed by atoms with Crippen LogP contribution in [-0.4, -0.2) is 42.7 Å². The second kappa shape index (κ2) is 7.18. The van der Waals surface area contributed by atoms with Gasteiger partial charge < -0.3 is 5.32 Å². The van der Waals surface area contributed by atoms with Crippen molar-refractivity contribution < 1.29 is 4.79 Å². The van der Waals surface area contributed by atoms with Gasteiger partial charge in [0.05, 0.1) is 11.4 Å².